The highest BCUT2D eigenvalue weighted by Crippen LogP contribution is 2.19. The van der Waals surface area contributed by atoms with Crippen molar-refractivity contribution >= 4 is 29.8 Å². The quantitative estimate of drug-likeness (QED) is 0.200. The zero-order valence-electron chi connectivity index (χ0n) is 22.1. The molecule has 0 aliphatic heterocycles. The van der Waals surface area contributed by atoms with Crippen molar-refractivity contribution in [2.45, 2.75) is 113 Å². The number of carbonyl (C=O) groups excluding carboxylic acids is 1. The van der Waals surface area contributed by atoms with E-state index in [1.165, 1.54) is 51.4 Å². The first-order valence-electron chi connectivity index (χ1n) is 11.6. The van der Waals surface area contributed by atoms with Crippen LogP contribution in [-0.4, -0.2) is 56.9 Å². The van der Waals surface area contributed by atoms with Gasteiger partial charge in [-0.15, -0.1) is 0 Å². The Morgan fingerprint density at radius 1 is 0.559 bits per heavy atom. The van der Waals surface area contributed by atoms with Crippen LogP contribution in [0.3, 0.4) is 0 Å². The smallest absolute Gasteiger partial charge is 0.308 e. The molecular formula is C24H48O10. The molecule has 0 aromatic rings. The van der Waals surface area contributed by atoms with E-state index in [1.807, 2.05) is 6.92 Å². The number of hydrogen-bond acceptors (Lipinski definition) is 6. The second kappa shape index (κ2) is 35.0. The minimum atomic E-state index is -0.833. The SMILES string of the molecule is CC(=O)O.CC(=O)O.CC(=O)O.CC(=O)O.CCCCCCC(CCCCCC)C(=O)OCC. The molecule has 0 saturated heterocycles. The highest BCUT2D eigenvalue weighted by Gasteiger charge is 2.18. The Morgan fingerprint density at radius 3 is 1.03 bits per heavy atom. The molecular weight excluding hydrogens is 448 g/mol. The summed E-state index contributed by atoms with van der Waals surface area (Å²) in [7, 11) is 0. The molecule has 0 heterocycles. The summed E-state index contributed by atoms with van der Waals surface area (Å²) in [5, 5.41) is 29.7. The zero-order chi connectivity index (χ0) is 27.9. The van der Waals surface area contributed by atoms with Gasteiger partial charge in [0, 0.05) is 27.7 Å². The van der Waals surface area contributed by atoms with Gasteiger partial charge in [0.1, 0.15) is 0 Å². The second-order valence-electron chi connectivity index (χ2n) is 7.22. The maximum absolute atomic E-state index is 11.8. The van der Waals surface area contributed by atoms with Crippen LogP contribution in [0, 0.1) is 5.92 Å². The molecule has 0 saturated carbocycles. The van der Waals surface area contributed by atoms with Crippen LogP contribution in [-0.2, 0) is 28.7 Å². The van der Waals surface area contributed by atoms with E-state index in [0.29, 0.717) is 6.61 Å². The van der Waals surface area contributed by atoms with Crippen molar-refractivity contribution in [1.82, 2.24) is 0 Å². The van der Waals surface area contributed by atoms with Crippen molar-refractivity contribution in [2.24, 2.45) is 5.92 Å². The van der Waals surface area contributed by atoms with Crippen molar-refractivity contribution in [3.63, 3.8) is 0 Å². The average molecular weight is 497 g/mol. The van der Waals surface area contributed by atoms with E-state index in [2.05, 4.69) is 13.8 Å². The largest absolute Gasteiger partial charge is 0.481 e. The number of esters is 1. The van der Waals surface area contributed by atoms with E-state index >= 15 is 0 Å². The minimum Gasteiger partial charge on any atom is -0.481 e. The first-order chi connectivity index (χ1) is 15.7. The second-order valence-corrected chi connectivity index (χ2v) is 7.22. The van der Waals surface area contributed by atoms with Crippen LogP contribution in [0.5, 0.6) is 0 Å². The molecule has 0 aliphatic rings. The highest BCUT2D eigenvalue weighted by atomic mass is 16.5. The molecule has 0 radical (unpaired) electrons. The van der Waals surface area contributed by atoms with E-state index in [0.717, 1.165) is 40.5 Å². The van der Waals surface area contributed by atoms with Crippen LogP contribution in [0.1, 0.15) is 113 Å². The summed E-state index contributed by atoms with van der Waals surface area (Å²) in [6.07, 6.45) is 12.0. The molecule has 0 rings (SSSR count). The van der Waals surface area contributed by atoms with Gasteiger partial charge >= 0.3 is 5.97 Å². The van der Waals surface area contributed by atoms with Gasteiger partial charge in [-0.25, -0.2) is 0 Å². The Bertz CT molecular complexity index is 428. The van der Waals surface area contributed by atoms with E-state index in [9.17, 15) is 4.79 Å². The van der Waals surface area contributed by atoms with Gasteiger partial charge in [0.05, 0.1) is 12.5 Å². The van der Waals surface area contributed by atoms with Gasteiger partial charge in [-0.2, -0.15) is 0 Å². The lowest BCUT2D eigenvalue weighted by Gasteiger charge is -2.15. The Labute approximate surface area is 204 Å². The molecule has 34 heavy (non-hydrogen) atoms. The molecule has 0 atom stereocenters. The molecule has 10 nitrogen and oxygen atoms in total. The first kappa shape index (κ1) is 41.6. The Morgan fingerprint density at radius 2 is 0.824 bits per heavy atom. The van der Waals surface area contributed by atoms with Crippen molar-refractivity contribution in [2.75, 3.05) is 6.61 Å². The number of carbonyl (C=O) groups is 5. The molecule has 0 aromatic carbocycles. The average Bonchev–Trinajstić information content (AvgIpc) is 2.65. The number of ether oxygens (including phenoxy) is 1. The summed E-state index contributed by atoms with van der Waals surface area (Å²) in [6, 6.07) is 0. The van der Waals surface area contributed by atoms with Gasteiger partial charge in [0.2, 0.25) is 0 Å². The van der Waals surface area contributed by atoms with Crippen LogP contribution in [0.25, 0.3) is 0 Å². The summed E-state index contributed by atoms with van der Waals surface area (Å²) in [5.41, 5.74) is 0. The molecule has 10 heteroatoms. The molecule has 0 spiro atoms. The van der Waals surface area contributed by atoms with E-state index in [-0.39, 0.29) is 11.9 Å². The molecule has 0 fully saturated rings. The van der Waals surface area contributed by atoms with Crippen molar-refractivity contribution in [3.05, 3.63) is 0 Å². The van der Waals surface area contributed by atoms with E-state index < -0.39 is 23.9 Å². The van der Waals surface area contributed by atoms with Gasteiger partial charge in [-0.1, -0.05) is 65.2 Å². The molecule has 0 bridgehead atoms. The predicted molar refractivity (Wildman–Crippen MR) is 131 cm³/mol. The van der Waals surface area contributed by atoms with E-state index in [1.54, 1.807) is 0 Å². The molecule has 0 unspecified atom stereocenters. The number of carboxylic acid groups (broad SMARTS) is 4. The van der Waals surface area contributed by atoms with Gasteiger partial charge in [0.25, 0.3) is 23.9 Å². The van der Waals surface area contributed by atoms with Gasteiger partial charge < -0.3 is 25.2 Å². The van der Waals surface area contributed by atoms with Gasteiger partial charge in [-0.05, 0) is 19.8 Å². The highest BCUT2D eigenvalue weighted by molar-refractivity contribution is 5.72. The third-order valence-corrected chi connectivity index (χ3v) is 3.43. The van der Waals surface area contributed by atoms with E-state index in [4.69, 9.17) is 44.3 Å². The fraction of sp³-hybridized carbons (Fsp3) is 0.792. The standard InChI is InChI=1S/C16H32O2.4C2H4O2/c1-4-7-9-11-13-15(16(17)18-6-3)14-12-10-8-5-2;4*1-2(3)4/h15H,4-14H2,1-3H3;4*1H3,(H,3,4). The number of hydrogen-bond donors (Lipinski definition) is 4. The van der Waals surface area contributed by atoms with Gasteiger partial charge in [-0.3, -0.25) is 24.0 Å². The zero-order valence-corrected chi connectivity index (χ0v) is 22.1. The lowest BCUT2D eigenvalue weighted by molar-refractivity contribution is -0.148. The van der Waals surface area contributed by atoms with Crippen molar-refractivity contribution in [3.8, 4) is 0 Å². The summed E-state index contributed by atoms with van der Waals surface area (Å²) in [6.45, 7) is 11.2. The van der Waals surface area contributed by atoms with Crippen molar-refractivity contribution < 1.29 is 49.1 Å². The fourth-order valence-electron chi connectivity index (χ4n) is 2.28. The normalized spacial score (nSPS) is 8.71. The Hall–Kier alpha value is -2.65. The Kier molecular flexibility index (Phi) is 42.8. The minimum absolute atomic E-state index is 0.0329. The van der Waals surface area contributed by atoms with Crippen LogP contribution in [0.4, 0.5) is 0 Å². The summed E-state index contributed by atoms with van der Waals surface area (Å²) in [5.74, 6) is -3.15. The molecule has 0 amide bonds. The number of aliphatic carboxylic acids is 4. The topological polar surface area (TPSA) is 175 Å². The lowest BCUT2D eigenvalue weighted by atomic mass is 9.94. The molecule has 204 valence electrons. The monoisotopic (exact) mass is 496 g/mol. The molecule has 0 aromatic heterocycles. The third kappa shape index (κ3) is 88.2. The van der Waals surface area contributed by atoms with Crippen molar-refractivity contribution in [1.29, 1.82) is 0 Å². The lowest BCUT2D eigenvalue weighted by Crippen LogP contribution is -2.18. The Balaban J connectivity index is -0.000000141. The number of carboxylic acids is 4. The van der Waals surface area contributed by atoms with Crippen LogP contribution in [0.2, 0.25) is 0 Å². The fourth-order valence-corrected chi connectivity index (χ4v) is 2.28. The third-order valence-electron chi connectivity index (χ3n) is 3.43. The summed E-state index contributed by atoms with van der Waals surface area (Å²) >= 11 is 0. The number of unbranched alkanes of at least 4 members (excludes halogenated alkanes) is 6. The van der Waals surface area contributed by atoms with Gasteiger partial charge in [0.15, 0.2) is 0 Å². The summed E-state index contributed by atoms with van der Waals surface area (Å²) < 4.78 is 5.18. The predicted octanol–water partition coefficient (Wildman–Crippen LogP) is 5.47. The number of rotatable bonds is 12. The molecule has 0 aliphatic carbocycles. The molecule has 4 N–H and O–H groups in total. The van der Waals surface area contributed by atoms with Crippen LogP contribution in [0.15, 0.2) is 0 Å². The summed E-state index contributed by atoms with van der Waals surface area (Å²) in [4.78, 5) is 47.8. The first-order valence-corrected chi connectivity index (χ1v) is 11.6. The van der Waals surface area contributed by atoms with Crippen LogP contribution >= 0.6 is 0 Å². The maximum atomic E-state index is 11.8. The van der Waals surface area contributed by atoms with Crippen LogP contribution < -0.4 is 0 Å². The maximum Gasteiger partial charge on any atom is 0.308 e.